The van der Waals surface area contributed by atoms with Crippen molar-refractivity contribution in [2.75, 3.05) is 37.7 Å². The molecule has 150 valence electrons. The highest BCUT2D eigenvalue weighted by molar-refractivity contribution is 8.18. The van der Waals surface area contributed by atoms with E-state index in [2.05, 4.69) is 21.9 Å². The number of para-hydroxylation sites is 1. The molecule has 2 amide bonds. The average Bonchev–Trinajstić information content (AvgIpc) is 2.99. The van der Waals surface area contributed by atoms with Gasteiger partial charge in [-0.15, -0.1) is 0 Å². The molecule has 0 aromatic heterocycles. The zero-order valence-corrected chi connectivity index (χ0v) is 17.9. The van der Waals surface area contributed by atoms with E-state index in [0.717, 1.165) is 37.9 Å². The van der Waals surface area contributed by atoms with Crippen LogP contribution < -0.4 is 4.90 Å². The second-order valence-electron chi connectivity index (χ2n) is 6.86. The van der Waals surface area contributed by atoms with E-state index in [1.54, 1.807) is 24.3 Å². The minimum atomic E-state index is -0.281. The van der Waals surface area contributed by atoms with Gasteiger partial charge < -0.3 is 4.90 Å². The normalized spacial score (nSPS) is 19.4. The Labute approximate surface area is 183 Å². The summed E-state index contributed by atoms with van der Waals surface area (Å²) < 4.78 is 0. The molecule has 2 aliphatic rings. The lowest BCUT2D eigenvalue weighted by Crippen LogP contribution is -2.50. The van der Waals surface area contributed by atoms with Gasteiger partial charge in [-0.05, 0) is 47.7 Å². The third-order valence-corrected chi connectivity index (χ3v) is 6.43. The summed E-state index contributed by atoms with van der Waals surface area (Å²) in [6.07, 6.45) is 1.65. The molecule has 8 heteroatoms. The lowest BCUT2D eigenvalue weighted by Gasteiger charge is -2.37. The molecule has 4 rings (SSSR count). The average molecular weight is 448 g/mol. The van der Waals surface area contributed by atoms with E-state index in [1.165, 1.54) is 10.6 Å². The molecule has 0 aliphatic carbocycles. The molecule has 2 fully saturated rings. The Morgan fingerprint density at radius 2 is 1.69 bits per heavy atom. The van der Waals surface area contributed by atoms with Crippen LogP contribution in [0.3, 0.4) is 0 Å². The van der Waals surface area contributed by atoms with Gasteiger partial charge in [0.2, 0.25) is 0 Å². The Bertz CT molecular complexity index is 960. The van der Waals surface area contributed by atoms with Gasteiger partial charge in [0.1, 0.15) is 0 Å². The van der Waals surface area contributed by atoms with Crippen LogP contribution in [-0.2, 0) is 4.79 Å². The first kappa shape index (κ1) is 20.3. The molecule has 0 saturated carbocycles. The van der Waals surface area contributed by atoms with Crippen LogP contribution in [0.25, 0.3) is 6.08 Å². The minimum absolute atomic E-state index is 0.253. The van der Waals surface area contributed by atoms with Crippen molar-refractivity contribution in [3.05, 3.63) is 69.0 Å². The minimum Gasteiger partial charge on any atom is -0.369 e. The Kier molecular flexibility index (Phi) is 6.15. The van der Waals surface area contributed by atoms with Crippen LogP contribution in [0.1, 0.15) is 5.56 Å². The number of imide groups is 1. The van der Waals surface area contributed by atoms with Crippen molar-refractivity contribution in [2.24, 2.45) is 0 Å². The maximum atomic E-state index is 12.8. The highest BCUT2D eigenvalue weighted by atomic mass is 35.5. The fraction of sp³-hybridized carbons (Fsp3) is 0.238. The molecule has 2 aromatic rings. The van der Waals surface area contributed by atoms with Gasteiger partial charge in [-0.25, -0.2) is 0 Å². The van der Waals surface area contributed by atoms with Crippen LogP contribution in [0.2, 0.25) is 10.0 Å². The molecule has 2 aliphatic heterocycles. The molecule has 0 unspecified atom stereocenters. The molecule has 2 heterocycles. The van der Waals surface area contributed by atoms with E-state index in [4.69, 9.17) is 23.2 Å². The number of hydrogen-bond acceptors (Lipinski definition) is 5. The first-order chi connectivity index (χ1) is 14.0. The summed E-state index contributed by atoms with van der Waals surface area (Å²) in [4.78, 5) is 31.3. The second kappa shape index (κ2) is 8.79. The van der Waals surface area contributed by atoms with Gasteiger partial charge >= 0.3 is 0 Å². The van der Waals surface area contributed by atoms with E-state index in [0.29, 0.717) is 27.2 Å². The Morgan fingerprint density at radius 1 is 0.966 bits per heavy atom. The summed E-state index contributed by atoms with van der Waals surface area (Å²) in [5.41, 5.74) is 1.86. The standard InChI is InChI=1S/C21H19Cl2N3O2S/c22-16-7-6-15(18(23)13-16)12-19-20(27)26(21(28)29-19)14-24-8-10-25(11-9-24)17-4-2-1-3-5-17/h1-7,12-13H,8-11,14H2/b19-12-. The Balaban J connectivity index is 1.39. The summed E-state index contributed by atoms with van der Waals surface area (Å²) in [5.74, 6) is -0.281. The lowest BCUT2D eigenvalue weighted by atomic mass is 10.2. The number of thioether (sulfide) groups is 1. The van der Waals surface area contributed by atoms with Crippen molar-refractivity contribution in [3.8, 4) is 0 Å². The quantitative estimate of drug-likeness (QED) is 0.629. The highest BCUT2D eigenvalue weighted by Crippen LogP contribution is 2.34. The lowest BCUT2D eigenvalue weighted by molar-refractivity contribution is -0.124. The fourth-order valence-corrected chi connectivity index (χ4v) is 4.65. The first-order valence-electron chi connectivity index (χ1n) is 9.24. The highest BCUT2D eigenvalue weighted by Gasteiger charge is 2.36. The summed E-state index contributed by atoms with van der Waals surface area (Å²) in [6, 6.07) is 15.3. The third kappa shape index (κ3) is 4.61. The molecule has 0 radical (unpaired) electrons. The zero-order chi connectivity index (χ0) is 20.4. The van der Waals surface area contributed by atoms with Gasteiger partial charge in [0, 0.05) is 41.9 Å². The van der Waals surface area contributed by atoms with Gasteiger partial charge in [-0.3, -0.25) is 19.4 Å². The molecule has 0 bridgehead atoms. The van der Waals surface area contributed by atoms with Gasteiger partial charge in [0.15, 0.2) is 0 Å². The summed E-state index contributed by atoms with van der Waals surface area (Å²) >= 11 is 13.1. The topological polar surface area (TPSA) is 43.9 Å². The molecule has 0 atom stereocenters. The molecule has 2 saturated heterocycles. The van der Waals surface area contributed by atoms with Crippen LogP contribution >= 0.6 is 35.0 Å². The summed E-state index contributed by atoms with van der Waals surface area (Å²) in [5, 5.41) is 0.716. The molecule has 5 nitrogen and oxygen atoms in total. The maximum absolute atomic E-state index is 12.8. The van der Waals surface area contributed by atoms with E-state index in [9.17, 15) is 9.59 Å². The van der Waals surface area contributed by atoms with Crippen molar-refractivity contribution in [1.29, 1.82) is 0 Å². The molecule has 0 N–H and O–H groups in total. The van der Waals surface area contributed by atoms with Crippen LogP contribution in [0, 0.1) is 0 Å². The number of nitrogens with zero attached hydrogens (tertiary/aromatic N) is 3. The smallest absolute Gasteiger partial charge is 0.294 e. The zero-order valence-electron chi connectivity index (χ0n) is 15.6. The fourth-order valence-electron chi connectivity index (χ4n) is 3.37. The van der Waals surface area contributed by atoms with E-state index in [-0.39, 0.29) is 11.1 Å². The van der Waals surface area contributed by atoms with Crippen molar-refractivity contribution >= 4 is 57.9 Å². The molecule has 0 spiro atoms. The van der Waals surface area contributed by atoms with Crippen LogP contribution in [-0.4, -0.2) is 53.8 Å². The van der Waals surface area contributed by atoms with Crippen molar-refractivity contribution in [3.63, 3.8) is 0 Å². The van der Waals surface area contributed by atoms with Gasteiger partial charge in [0.05, 0.1) is 11.6 Å². The van der Waals surface area contributed by atoms with Crippen LogP contribution in [0.5, 0.6) is 0 Å². The number of carbonyl (C=O) groups excluding carboxylic acids is 2. The number of carbonyl (C=O) groups is 2. The molecular formula is C21H19Cl2N3O2S. The number of hydrogen-bond donors (Lipinski definition) is 0. The van der Waals surface area contributed by atoms with Gasteiger partial charge in [-0.1, -0.05) is 47.5 Å². The van der Waals surface area contributed by atoms with Gasteiger partial charge in [-0.2, -0.15) is 0 Å². The van der Waals surface area contributed by atoms with Crippen molar-refractivity contribution in [1.82, 2.24) is 9.80 Å². The third-order valence-electron chi connectivity index (χ3n) is 4.96. The Hall–Kier alpha value is -1.99. The predicted octanol–water partition coefficient (Wildman–Crippen LogP) is 4.81. The predicted molar refractivity (Wildman–Crippen MR) is 119 cm³/mol. The monoisotopic (exact) mass is 447 g/mol. The Morgan fingerprint density at radius 3 is 2.38 bits per heavy atom. The molecular weight excluding hydrogens is 429 g/mol. The first-order valence-corrected chi connectivity index (χ1v) is 10.8. The van der Waals surface area contributed by atoms with Crippen LogP contribution in [0.4, 0.5) is 10.5 Å². The number of piperazine rings is 1. The van der Waals surface area contributed by atoms with Crippen molar-refractivity contribution in [2.45, 2.75) is 0 Å². The second-order valence-corrected chi connectivity index (χ2v) is 8.69. The van der Waals surface area contributed by atoms with E-state index < -0.39 is 0 Å². The van der Waals surface area contributed by atoms with E-state index in [1.807, 2.05) is 18.2 Å². The summed E-state index contributed by atoms with van der Waals surface area (Å²) in [7, 11) is 0. The maximum Gasteiger partial charge on any atom is 0.294 e. The van der Waals surface area contributed by atoms with Gasteiger partial charge in [0.25, 0.3) is 11.1 Å². The number of halogens is 2. The van der Waals surface area contributed by atoms with Crippen molar-refractivity contribution < 1.29 is 9.59 Å². The SMILES string of the molecule is O=C1S/C(=C\c2ccc(Cl)cc2Cl)C(=O)N1CN1CCN(c2ccccc2)CC1. The number of benzene rings is 2. The molecule has 2 aromatic carbocycles. The largest absolute Gasteiger partial charge is 0.369 e. The molecule has 29 heavy (non-hydrogen) atoms. The number of rotatable bonds is 4. The number of anilines is 1. The van der Waals surface area contributed by atoms with E-state index >= 15 is 0 Å². The summed E-state index contributed by atoms with van der Waals surface area (Å²) in [6.45, 7) is 3.60. The number of amides is 2. The van der Waals surface area contributed by atoms with Crippen LogP contribution in [0.15, 0.2) is 53.4 Å².